The fourth-order valence-electron chi connectivity index (χ4n) is 1.30. The Kier molecular flexibility index (Phi) is 8.26. The zero-order chi connectivity index (χ0) is 12.5. The standard InChI is InChI=1S/C10H11O2.C5H5N.Ir/c1-2-4-9(5-3-1)6-11-7-10-8-12-10;1-2-4-6-5-3-1;/h2-5,10H,6-8H2;1-5H;/q-1;;. The number of hydrogen-bond donors (Lipinski definition) is 0. The predicted octanol–water partition coefficient (Wildman–Crippen LogP) is 2.48. The molecule has 1 saturated heterocycles. The summed E-state index contributed by atoms with van der Waals surface area (Å²) in [7, 11) is 0. The van der Waals surface area contributed by atoms with Crippen LogP contribution in [0.25, 0.3) is 0 Å². The molecular weight excluding hydrogens is 418 g/mol. The van der Waals surface area contributed by atoms with E-state index in [1.54, 1.807) is 12.4 Å². The number of aromatic nitrogens is 1. The molecule has 3 rings (SSSR count). The van der Waals surface area contributed by atoms with Crippen LogP contribution in [0.2, 0.25) is 0 Å². The average Bonchev–Trinajstić information content (AvgIpc) is 3.27. The van der Waals surface area contributed by atoms with Crippen LogP contribution in [0.15, 0.2) is 54.9 Å². The van der Waals surface area contributed by atoms with Crippen molar-refractivity contribution in [3.63, 3.8) is 0 Å². The second kappa shape index (κ2) is 9.82. The van der Waals surface area contributed by atoms with E-state index in [2.05, 4.69) is 11.1 Å². The number of ether oxygens (including phenoxy) is 2. The molecule has 1 radical (unpaired) electrons. The Morgan fingerprint density at radius 3 is 2.37 bits per heavy atom. The van der Waals surface area contributed by atoms with Gasteiger partial charge in [0.25, 0.3) is 0 Å². The van der Waals surface area contributed by atoms with E-state index in [1.807, 2.05) is 42.5 Å². The summed E-state index contributed by atoms with van der Waals surface area (Å²) in [5.41, 5.74) is 1.19. The minimum atomic E-state index is 0. The molecule has 19 heavy (non-hydrogen) atoms. The number of rotatable bonds is 4. The first-order valence-corrected chi connectivity index (χ1v) is 5.94. The van der Waals surface area contributed by atoms with Crippen LogP contribution in [0.1, 0.15) is 5.56 Å². The molecule has 103 valence electrons. The van der Waals surface area contributed by atoms with Crippen LogP contribution < -0.4 is 0 Å². The zero-order valence-electron chi connectivity index (χ0n) is 10.5. The molecule has 1 fully saturated rings. The maximum atomic E-state index is 5.40. The molecule has 1 aromatic heterocycles. The Bertz CT molecular complexity index is 394. The van der Waals surface area contributed by atoms with Gasteiger partial charge in [-0.05, 0) is 12.1 Å². The fourth-order valence-corrected chi connectivity index (χ4v) is 1.30. The summed E-state index contributed by atoms with van der Waals surface area (Å²) in [4.78, 5) is 3.78. The zero-order valence-corrected chi connectivity index (χ0v) is 12.9. The van der Waals surface area contributed by atoms with Gasteiger partial charge in [0.05, 0.1) is 13.2 Å². The maximum absolute atomic E-state index is 5.40. The van der Waals surface area contributed by atoms with Gasteiger partial charge in [0.1, 0.15) is 6.10 Å². The van der Waals surface area contributed by atoms with E-state index in [0.29, 0.717) is 12.7 Å². The van der Waals surface area contributed by atoms with Crippen molar-refractivity contribution < 1.29 is 29.6 Å². The quantitative estimate of drug-likeness (QED) is 0.548. The van der Waals surface area contributed by atoms with Crippen LogP contribution in [0.3, 0.4) is 0 Å². The monoisotopic (exact) mass is 435 g/mol. The van der Waals surface area contributed by atoms with Gasteiger partial charge in [0.15, 0.2) is 0 Å². The fraction of sp³-hybridized carbons (Fsp3) is 0.267. The summed E-state index contributed by atoms with van der Waals surface area (Å²) >= 11 is 0. The van der Waals surface area contributed by atoms with Crippen molar-refractivity contribution in [2.45, 2.75) is 12.7 Å². The smallest absolute Gasteiger partial charge is 0.104 e. The van der Waals surface area contributed by atoms with Gasteiger partial charge < -0.3 is 9.47 Å². The number of benzene rings is 1. The van der Waals surface area contributed by atoms with Crippen LogP contribution in [0, 0.1) is 6.07 Å². The van der Waals surface area contributed by atoms with Crippen LogP contribution >= 0.6 is 0 Å². The van der Waals surface area contributed by atoms with Crippen LogP contribution in [-0.4, -0.2) is 24.3 Å². The number of pyridine rings is 1. The van der Waals surface area contributed by atoms with Gasteiger partial charge in [0, 0.05) is 39.1 Å². The molecular formula is C15H16IrNO2-. The van der Waals surface area contributed by atoms with Crippen molar-refractivity contribution >= 4 is 0 Å². The molecule has 0 amide bonds. The van der Waals surface area contributed by atoms with E-state index >= 15 is 0 Å². The molecule has 1 unspecified atom stereocenters. The van der Waals surface area contributed by atoms with E-state index in [0.717, 1.165) is 13.2 Å². The van der Waals surface area contributed by atoms with Crippen molar-refractivity contribution in [3.8, 4) is 0 Å². The molecule has 1 aliphatic heterocycles. The summed E-state index contributed by atoms with van der Waals surface area (Å²) in [5.74, 6) is 0. The first kappa shape index (κ1) is 16.0. The van der Waals surface area contributed by atoms with E-state index in [-0.39, 0.29) is 20.1 Å². The molecule has 1 aliphatic rings. The molecule has 1 atom stereocenters. The van der Waals surface area contributed by atoms with Gasteiger partial charge in [-0.15, -0.1) is 5.56 Å². The van der Waals surface area contributed by atoms with Crippen molar-refractivity contribution in [2.24, 2.45) is 0 Å². The van der Waals surface area contributed by atoms with Gasteiger partial charge in [-0.2, -0.15) is 30.3 Å². The number of nitrogens with zero attached hydrogens (tertiary/aromatic N) is 1. The minimum Gasteiger partial charge on any atom is -0.376 e. The Morgan fingerprint density at radius 2 is 1.89 bits per heavy atom. The van der Waals surface area contributed by atoms with E-state index in [1.165, 1.54) is 5.56 Å². The molecule has 0 spiro atoms. The van der Waals surface area contributed by atoms with Crippen LogP contribution in [-0.2, 0) is 36.2 Å². The first-order valence-electron chi connectivity index (χ1n) is 5.94. The van der Waals surface area contributed by atoms with Gasteiger partial charge in [-0.3, -0.25) is 4.98 Å². The van der Waals surface area contributed by atoms with Gasteiger partial charge >= 0.3 is 0 Å². The first-order chi connectivity index (χ1) is 8.95. The van der Waals surface area contributed by atoms with E-state index in [9.17, 15) is 0 Å². The van der Waals surface area contributed by atoms with Crippen molar-refractivity contribution in [1.82, 2.24) is 4.98 Å². The molecule has 0 aliphatic carbocycles. The average molecular weight is 435 g/mol. The molecule has 1 aromatic carbocycles. The van der Waals surface area contributed by atoms with Crippen molar-refractivity contribution in [2.75, 3.05) is 13.2 Å². The van der Waals surface area contributed by atoms with E-state index < -0.39 is 0 Å². The van der Waals surface area contributed by atoms with Crippen LogP contribution in [0.5, 0.6) is 0 Å². The molecule has 4 heteroatoms. The largest absolute Gasteiger partial charge is 0.376 e. The Balaban J connectivity index is 0.000000220. The summed E-state index contributed by atoms with van der Waals surface area (Å²) in [6.45, 7) is 2.26. The third kappa shape index (κ3) is 7.85. The maximum Gasteiger partial charge on any atom is 0.104 e. The normalized spacial score (nSPS) is 15.7. The summed E-state index contributed by atoms with van der Waals surface area (Å²) < 4.78 is 10.4. The molecule has 2 aromatic rings. The predicted molar refractivity (Wildman–Crippen MR) is 68.9 cm³/mol. The third-order valence-corrected chi connectivity index (χ3v) is 2.33. The molecule has 3 nitrogen and oxygen atoms in total. The minimum absolute atomic E-state index is 0. The summed E-state index contributed by atoms with van der Waals surface area (Å²) in [5, 5.41) is 0. The van der Waals surface area contributed by atoms with Crippen molar-refractivity contribution in [1.29, 1.82) is 0 Å². The van der Waals surface area contributed by atoms with Gasteiger partial charge in [0.2, 0.25) is 0 Å². The summed E-state index contributed by atoms with van der Waals surface area (Å²) in [6, 6.07) is 16.5. The summed E-state index contributed by atoms with van der Waals surface area (Å²) in [6.07, 6.45) is 3.86. The van der Waals surface area contributed by atoms with Gasteiger partial charge in [-0.1, -0.05) is 6.07 Å². The van der Waals surface area contributed by atoms with Crippen LogP contribution in [0.4, 0.5) is 0 Å². The molecule has 2 heterocycles. The van der Waals surface area contributed by atoms with E-state index in [4.69, 9.17) is 9.47 Å². The Morgan fingerprint density at radius 1 is 1.21 bits per heavy atom. The molecule has 0 saturated carbocycles. The Hall–Kier alpha value is -1.06. The van der Waals surface area contributed by atoms with Gasteiger partial charge in [-0.25, -0.2) is 0 Å². The third-order valence-electron chi connectivity index (χ3n) is 2.33. The molecule has 0 bridgehead atoms. The molecule has 0 N–H and O–H groups in total. The Labute approximate surface area is 127 Å². The number of epoxide rings is 1. The second-order valence-corrected chi connectivity index (χ2v) is 3.90. The topological polar surface area (TPSA) is 34.6 Å². The van der Waals surface area contributed by atoms with Crippen molar-refractivity contribution in [3.05, 3.63) is 66.5 Å². The second-order valence-electron chi connectivity index (χ2n) is 3.90. The number of hydrogen-bond acceptors (Lipinski definition) is 3. The SMILES string of the molecule is [Ir].[c-]1ccc(COCC2CO2)cc1.c1ccncc1.